The van der Waals surface area contributed by atoms with Crippen molar-refractivity contribution in [1.82, 2.24) is 0 Å². The van der Waals surface area contributed by atoms with Gasteiger partial charge in [-0.1, -0.05) is 12.1 Å². The Hall–Kier alpha value is -3.38. The summed E-state index contributed by atoms with van der Waals surface area (Å²) in [5.74, 6) is 1.75. The van der Waals surface area contributed by atoms with Crippen molar-refractivity contribution in [2.75, 3.05) is 0 Å². The molecule has 0 radical (unpaired) electrons. The average Bonchev–Trinajstić information content (AvgIpc) is 2.64. The third-order valence-electron chi connectivity index (χ3n) is 5.70. The lowest BCUT2D eigenvalue weighted by Crippen LogP contribution is -2.33. The highest BCUT2D eigenvalue weighted by molar-refractivity contribution is 6.05. The van der Waals surface area contributed by atoms with Crippen LogP contribution in [0.1, 0.15) is 22.3 Å². The van der Waals surface area contributed by atoms with E-state index in [9.17, 15) is 5.26 Å². The maximum atomic E-state index is 9.25. The van der Waals surface area contributed by atoms with Crippen molar-refractivity contribution in [2.45, 2.75) is 20.8 Å². The summed E-state index contributed by atoms with van der Waals surface area (Å²) in [4.78, 5) is 0. The molecule has 130 valence electrons. The number of hydrogen-bond donors (Lipinski definition) is 0. The lowest BCUT2D eigenvalue weighted by molar-refractivity contribution is -0.633. The van der Waals surface area contributed by atoms with Gasteiger partial charge in [0.25, 0.3) is 5.69 Å². The van der Waals surface area contributed by atoms with E-state index in [1.807, 2.05) is 18.2 Å². The molecule has 0 N–H and O–H groups in total. The molecule has 0 spiro atoms. The number of benzene rings is 3. The topological polar surface area (TPSA) is 36.9 Å². The summed E-state index contributed by atoms with van der Waals surface area (Å²) in [5.41, 5.74) is 7.82. The first-order valence-electron chi connectivity index (χ1n) is 9.07. The number of hydrogen-bond acceptors (Lipinski definition) is 2. The van der Waals surface area contributed by atoms with Crippen LogP contribution < -0.4 is 9.30 Å². The molecule has 0 saturated carbocycles. The van der Waals surface area contributed by atoms with Crippen molar-refractivity contribution < 1.29 is 9.30 Å². The maximum Gasteiger partial charge on any atom is 0.256 e. The molecular weight excluding hydrogens is 332 g/mol. The molecule has 0 fully saturated rings. The van der Waals surface area contributed by atoms with Crippen LogP contribution in [0.25, 0.3) is 32.9 Å². The molecule has 4 aromatic rings. The van der Waals surface area contributed by atoms with Gasteiger partial charge in [-0.15, -0.1) is 0 Å². The monoisotopic (exact) mass is 351 g/mol. The zero-order valence-electron chi connectivity index (χ0n) is 15.8. The van der Waals surface area contributed by atoms with Gasteiger partial charge in [-0.2, -0.15) is 9.83 Å². The van der Waals surface area contributed by atoms with E-state index >= 15 is 0 Å². The predicted molar refractivity (Wildman–Crippen MR) is 107 cm³/mol. The Bertz CT molecular complexity index is 1340. The fourth-order valence-electron chi connectivity index (χ4n) is 4.29. The number of rotatable bonds is 0. The van der Waals surface area contributed by atoms with Gasteiger partial charge in [0.2, 0.25) is 5.52 Å². The Balaban J connectivity index is 1.98. The van der Waals surface area contributed by atoms with Crippen LogP contribution >= 0.6 is 0 Å². The second-order valence-corrected chi connectivity index (χ2v) is 7.46. The van der Waals surface area contributed by atoms with Crippen LogP contribution in [0, 0.1) is 32.1 Å². The van der Waals surface area contributed by atoms with Crippen LogP contribution in [-0.2, 0) is 7.05 Å². The van der Waals surface area contributed by atoms with E-state index in [0.717, 1.165) is 28.1 Å². The molecule has 2 heterocycles. The van der Waals surface area contributed by atoms with Crippen molar-refractivity contribution in [3.05, 3.63) is 64.7 Å². The number of aryl methyl sites for hydroxylation is 3. The smallest absolute Gasteiger partial charge is 0.256 e. The third kappa shape index (κ3) is 2.10. The molecule has 3 aromatic carbocycles. The van der Waals surface area contributed by atoms with Gasteiger partial charge in [0, 0.05) is 17.5 Å². The molecule has 27 heavy (non-hydrogen) atoms. The molecule has 0 saturated heterocycles. The van der Waals surface area contributed by atoms with E-state index in [-0.39, 0.29) is 0 Å². The molecule has 0 amide bonds. The number of fused-ring (bicyclic) bond motifs is 3. The molecule has 0 atom stereocenters. The SMILES string of the molecule is Cc1cc2c3c(c(C)c(C)cc3c1)-c1c(cc3cc(C#N)ccc3[n+]1C)O2. The van der Waals surface area contributed by atoms with E-state index in [4.69, 9.17) is 4.74 Å². The van der Waals surface area contributed by atoms with Crippen molar-refractivity contribution in [3.63, 3.8) is 0 Å². The highest BCUT2D eigenvalue weighted by Crippen LogP contribution is 2.48. The fourth-order valence-corrected chi connectivity index (χ4v) is 4.29. The highest BCUT2D eigenvalue weighted by Gasteiger charge is 2.31. The van der Waals surface area contributed by atoms with E-state index < -0.39 is 0 Å². The van der Waals surface area contributed by atoms with Crippen molar-refractivity contribution in [3.8, 4) is 28.8 Å². The van der Waals surface area contributed by atoms with Gasteiger partial charge in [-0.3, -0.25) is 0 Å². The van der Waals surface area contributed by atoms with E-state index in [1.54, 1.807) is 0 Å². The van der Waals surface area contributed by atoms with Crippen LogP contribution in [0.5, 0.6) is 11.5 Å². The predicted octanol–water partition coefficient (Wildman–Crippen LogP) is 5.39. The number of aromatic nitrogens is 1. The number of nitriles is 1. The molecule has 1 aromatic heterocycles. The van der Waals surface area contributed by atoms with Crippen LogP contribution in [0.15, 0.2) is 42.5 Å². The fraction of sp³-hybridized carbons (Fsp3) is 0.167. The summed E-state index contributed by atoms with van der Waals surface area (Å²) < 4.78 is 8.57. The summed E-state index contributed by atoms with van der Waals surface area (Å²) >= 11 is 0. The van der Waals surface area contributed by atoms with Crippen molar-refractivity contribution >= 4 is 21.7 Å². The van der Waals surface area contributed by atoms with E-state index in [0.29, 0.717) is 5.56 Å². The zero-order chi connectivity index (χ0) is 18.9. The molecule has 5 rings (SSSR count). The first-order chi connectivity index (χ1) is 13.0. The summed E-state index contributed by atoms with van der Waals surface area (Å²) in [7, 11) is 2.07. The molecule has 0 unspecified atom stereocenters. The van der Waals surface area contributed by atoms with Gasteiger partial charge < -0.3 is 4.74 Å². The molecule has 0 bridgehead atoms. The molecule has 1 aliphatic heterocycles. The molecule has 1 aliphatic rings. The number of ether oxygens (including phenoxy) is 1. The number of nitrogens with zero attached hydrogens (tertiary/aromatic N) is 2. The highest BCUT2D eigenvalue weighted by atomic mass is 16.5. The summed E-state index contributed by atoms with van der Waals surface area (Å²) in [5, 5.41) is 12.7. The number of pyridine rings is 1. The Morgan fingerprint density at radius 3 is 2.52 bits per heavy atom. The van der Waals surface area contributed by atoms with Gasteiger partial charge in [0.05, 0.1) is 22.6 Å². The standard InChI is InChI=1S/C24H19N2O/c1-13-7-18-9-14(2)15(3)22-23(18)20(8-13)27-21-11-17-10-16(12-25)5-6-19(17)26(4)24(21)22/h5-11H,1-4H3/q+1. The average molecular weight is 351 g/mol. The zero-order valence-corrected chi connectivity index (χ0v) is 15.8. The second-order valence-electron chi connectivity index (χ2n) is 7.46. The molecular formula is C24H19N2O+. The molecule has 0 aliphatic carbocycles. The van der Waals surface area contributed by atoms with Gasteiger partial charge in [0.1, 0.15) is 12.8 Å². The van der Waals surface area contributed by atoms with Crippen molar-refractivity contribution in [1.29, 1.82) is 5.26 Å². The van der Waals surface area contributed by atoms with Gasteiger partial charge in [-0.25, -0.2) is 0 Å². The summed E-state index contributed by atoms with van der Waals surface area (Å²) in [6.45, 7) is 6.46. The Morgan fingerprint density at radius 2 is 1.74 bits per heavy atom. The third-order valence-corrected chi connectivity index (χ3v) is 5.70. The lowest BCUT2D eigenvalue weighted by Gasteiger charge is -2.23. The molecule has 3 heteroatoms. The van der Waals surface area contributed by atoms with Crippen LogP contribution in [0.2, 0.25) is 0 Å². The minimum absolute atomic E-state index is 0.656. The summed E-state index contributed by atoms with van der Waals surface area (Å²) in [6, 6.07) is 16.7. The minimum atomic E-state index is 0.656. The largest absolute Gasteiger partial charge is 0.450 e. The van der Waals surface area contributed by atoms with E-state index in [1.165, 1.54) is 33.0 Å². The minimum Gasteiger partial charge on any atom is -0.450 e. The van der Waals surface area contributed by atoms with Gasteiger partial charge >= 0.3 is 0 Å². The normalized spacial score (nSPS) is 12.0. The van der Waals surface area contributed by atoms with Gasteiger partial charge in [-0.05, 0) is 61.0 Å². The summed E-state index contributed by atoms with van der Waals surface area (Å²) in [6.07, 6.45) is 0. The van der Waals surface area contributed by atoms with Crippen LogP contribution in [0.4, 0.5) is 0 Å². The Morgan fingerprint density at radius 1 is 0.926 bits per heavy atom. The van der Waals surface area contributed by atoms with E-state index in [2.05, 4.69) is 62.7 Å². The second kappa shape index (κ2) is 5.31. The molecule has 3 nitrogen and oxygen atoms in total. The quantitative estimate of drug-likeness (QED) is 0.351. The Kier molecular flexibility index (Phi) is 3.12. The first-order valence-corrected chi connectivity index (χ1v) is 9.07. The van der Waals surface area contributed by atoms with Crippen LogP contribution in [-0.4, -0.2) is 0 Å². The first kappa shape index (κ1) is 15.8. The maximum absolute atomic E-state index is 9.25. The van der Waals surface area contributed by atoms with Crippen molar-refractivity contribution in [2.24, 2.45) is 7.05 Å². The Labute approximate surface area is 158 Å². The lowest BCUT2D eigenvalue weighted by atomic mass is 9.89. The van der Waals surface area contributed by atoms with Crippen LogP contribution in [0.3, 0.4) is 0 Å². The van der Waals surface area contributed by atoms with Gasteiger partial charge in [0.15, 0.2) is 5.75 Å².